The fraction of sp³-hybridized carbons (Fsp3) is 0.389. The van der Waals surface area contributed by atoms with E-state index in [0.717, 1.165) is 5.56 Å². The molecule has 26 heavy (non-hydrogen) atoms. The molecule has 3 atom stereocenters. The number of carboxylic acid groups (broad SMARTS) is 1. The van der Waals surface area contributed by atoms with Crippen LogP contribution in [0.4, 0.5) is 0 Å². The Bertz CT molecular complexity index is 795. The largest absolute Gasteiger partial charge is 0.480 e. The van der Waals surface area contributed by atoms with E-state index >= 15 is 0 Å². The number of carbonyl (C=O) groups excluding carboxylic acids is 1. The van der Waals surface area contributed by atoms with Gasteiger partial charge in [0, 0.05) is 30.5 Å². The molecule has 2 heterocycles. The smallest absolute Gasteiger partial charge is 0.320 e. The molecular formula is C18H21ClN4O3. The van der Waals surface area contributed by atoms with E-state index in [1.165, 1.54) is 0 Å². The minimum atomic E-state index is -0.927. The summed E-state index contributed by atoms with van der Waals surface area (Å²) in [6.45, 7) is 0.339. The van der Waals surface area contributed by atoms with E-state index in [9.17, 15) is 14.7 Å². The minimum Gasteiger partial charge on any atom is -0.480 e. The van der Waals surface area contributed by atoms with Crippen LogP contribution < -0.4 is 0 Å². The number of benzene rings is 1. The van der Waals surface area contributed by atoms with E-state index in [0.29, 0.717) is 17.4 Å². The van der Waals surface area contributed by atoms with Gasteiger partial charge in [0.25, 0.3) is 0 Å². The molecule has 7 nitrogen and oxygen atoms in total. The lowest BCUT2D eigenvalue weighted by Gasteiger charge is -2.28. The van der Waals surface area contributed by atoms with Crippen molar-refractivity contribution in [3.8, 4) is 0 Å². The summed E-state index contributed by atoms with van der Waals surface area (Å²) >= 11 is 6.11. The van der Waals surface area contributed by atoms with Gasteiger partial charge in [-0.2, -0.15) is 0 Å². The van der Waals surface area contributed by atoms with E-state index < -0.39 is 17.9 Å². The molecule has 2 N–H and O–H groups in total. The Morgan fingerprint density at radius 1 is 1.46 bits per heavy atom. The number of halogens is 1. The number of aromatic amines is 1. The molecule has 0 unspecified atom stereocenters. The number of carbonyl (C=O) groups is 2. The predicted molar refractivity (Wildman–Crippen MR) is 96.5 cm³/mol. The van der Waals surface area contributed by atoms with Crippen LogP contribution >= 0.6 is 11.6 Å². The lowest BCUT2D eigenvalue weighted by atomic mass is 9.92. The molecule has 2 aromatic rings. The third-order valence-electron chi connectivity index (χ3n) is 4.90. The maximum atomic E-state index is 13.1. The standard InChI is InChI=1S/C18H21ClN4O3/c1-22(10-15-20-6-7-21-15)17(24)13-9-14(18(25)26)23(2)16(13)11-4-3-5-12(19)8-11/h3-8,13-14,16H,9-10H2,1-2H3,(H,20,21)(H,25,26)/t13-,14-,16-/m1/s1. The highest BCUT2D eigenvalue weighted by Crippen LogP contribution is 2.41. The maximum Gasteiger partial charge on any atom is 0.320 e. The number of aromatic nitrogens is 2. The van der Waals surface area contributed by atoms with Crippen LogP contribution in [0.3, 0.4) is 0 Å². The quantitative estimate of drug-likeness (QED) is 0.834. The second-order valence-corrected chi connectivity index (χ2v) is 7.03. The van der Waals surface area contributed by atoms with E-state index in [1.54, 1.807) is 48.4 Å². The van der Waals surface area contributed by atoms with Gasteiger partial charge in [-0.3, -0.25) is 14.5 Å². The Morgan fingerprint density at radius 2 is 2.23 bits per heavy atom. The van der Waals surface area contributed by atoms with Crippen molar-refractivity contribution in [2.24, 2.45) is 5.92 Å². The number of H-pyrrole nitrogens is 1. The number of hydrogen-bond acceptors (Lipinski definition) is 4. The second kappa shape index (κ2) is 7.47. The predicted octanol–water partition coefficient (Wildman–Crippen LogP) is 2.17. The number of amides is 1. The normalized spacial score (nSPS) is 23.1. The summed E-state index contributed by atoms with van der Waals surface area (Å²) in [5.41, 5.74) is 0.841. The van der Waals surface area contributed by atoms with Gasteiger partial charge in [0.1, 0.15) is 11.9 Å². The molecule has 1 aromatic heterocycles. The highest BCUT2D eigenvalue weighted by atomic mass is 35.5. The van der Waals surface area contributed by atoms with Gasteiger partial charge in [0.15, 0.2) is 0 Å². The van der Waals surface area contributed by atoms with Crippen LogP contribution in [-0.2, 0) is 16.1 Å². The number of imidazole rings is 1. The molecule has 0 aliphatic carbocycles. The van der Waals surface area contributed by atoms with Crippen molar-refractivity contribution in [3.63, 3.8) is 0 Å². The molecule has 8 heteroatoms. The van der Waals surface area contributed by atoms with E-state index in [-0.39, 0.29) is 18.4 Å². The first-order chi connectivity index (χ1) is 12.4. The molecule has 1 aliphatic heterocycles. The van der Waals surface area contributed by atoms with Crippen molar-refractivity contribution in [1.29, 1.82) is 0 Å². The maximum absolute atomic E-state index is 13.1. The number of rotatable bonds is 5. The first kappa shape index (κ1) is 18.4. The Hall–Kier alpha value is -2.38. The number of hydrogen-bond donors (Lipinski definition) is 2. The van der Waals surface area contributed by atoms with Crippen molar-refractivity contribution in [2.45, 2.75) is 25.0 Å². The molecule has 1 fully saturated rings. The molecule has 1 aromatic carbocycles. The van der Waals surface area contributed by atoms with Gasteiger partial charge in [-0.25, -0.2) is 4.98 Å². The van der Waals surface area contributed by atoms with Crippen molar-refractivity contribution in [3.05, 3.63) is 53.1 Å². The third-order valence-corrected chi connectivity index (χ3v) is 5.13. The van der Waals surface area contributed by atoms with Gasteiger partial charge in [-0.15, -0.1) is 0 Å². The zero-order valence-electron chi connectivity index (χ0n) is 14.6. The van der Waals surface area contributed by atoms with Crippen LogP contribution in [0, 0.1) is 5.92 Å². The summed E-state index contributed by atoms with van der Waals surface area (Å²) < 4.78 is 0. The molecule has 3 rings (SSSR count). The van der Waals surface area contributed by atoms with E-state index in [4.69, 9.17) is 11.6 Å². The van der Waals surface area contributed by atoms with Crippen LogP contribution in [0.5, 0.6) is 0 Å². The highest BCUT2D eigenvalue weighted by molar-refractivity contribution is 6.30. The SMILES string of the molecule is CN(Cc1ncc[nH]1)C(=O)[C@@H]1C[C@H](C(=O)O)N(C)[C@@H]1c1cccc(Cl)c1. The van der Waals surface area contributed by atoms with Crippen molar-refractivity contribution in [1.82, 2.24) is 19.8 Å². The molecule has 138 valence electrons. The van der Waals surface area contributed by atoms with Crippen molar-refractivity contribution >= 4 is 23.5 Å². The molecule has 0 bridgehead atoms. The van der Waals surface area contributed by atoms with Crippen LogP contribution in [-0.4, -0.2) is 56.9 Å². The lowest BCUT2D eigenvalue weighted by Crippen LogP contribution is -2.36. The summed E-state index contributed by atoms with van der Waals surface area (Å²) in [5, 5.41) is 10.1. The summed E-state index contributed by atoms with van der Waals surface area (Å²) in [6, 6.07) is 6.18. The number of carboxylic acids is 1. The number of likely N-dealkylation sites (N-methyl/N-ethyl adjacent to an activating group) is 1. The molecule has 1 amide bonds. The van der Waals surface area contributed by atoms with Gasteiger partial charge in [0.2, 0.25) is 5.91 Å². The summed E-state index contributed by atoms with van der Waals surface area (Å²) in [4.78, 5) is 35.2. The van der Waals surface area contributed by atoms with E-state index in [1.807, 2.05) is 12.1 Å². The lowest BCUT2D eigenvalue weighted by molar-refractivity contribution is -0.142. The Kier molecular flexibility index (Phi) is 5.29. The Labute approximate surface area is 156 Å². The van der Waals surface area contributed by atoms with Gasteiger partial charge >= 0.3 is 5.97 Å². The van der Waals surface area contributed by atoms with Crippen LogP contribution in [0.25, 0.3) is 0 Å². The zero-order chi connectivity index (χ0) is 18.8. The minimum absolute atomic E-state index is 0.109. The monoisotopic (exact) mass is 376 g/mol. The molecule has 0 radical (unpaired) electrons. The first-order valence-electron chi connectivity index (χ1n) is 8.32. The number of aliphatic carboxylic acids is 1. The van der Waals surface area contributed by atoms with Crippen molar-refractivity contribution < 1.29 is 14.7 Å². The molecule has 0 saturated carbocycles. The van der Waals surface area contributed by atoms with Gasteiger partial charge in [0.05, 0.1) is 12.5 Å². The van der Waals surface area contributed by atoms with Crippen LogP contribution in [0.1, 0.15) is 23.9 Å². The number of nitrogens with one attached hydrogen (secondary N) is 1. The summed E-state index contributed by atoms with van der Waals surface area (Å²) in [7, 11) is 3.44. The molecule has 1 aliphatic rings. The average Bonchev–Trinajstić information content (AvgIpc) is 3.21. The highest BCUT2D eigenvalue weighted by Gasteiger charge is 2.47. The molecule has 1 saturated heterocycles. The third kappa shape index (κ3) is 3.59. The number of likely N-dealkylation sites (tertiary alicyclic amines) is 1. The summed E-state index contributed by atoms with van der Waals surface area (Å²) in [6.07, 6.45) is 3.59. The summed E-state index contributed by atoms with van der Waals surface area (Å²) in [5.74, 6) is -0.827. The van der Waals surface area contributed by atoms with Crippen LogP contribution in [0.15, 0.2) is 36.7 Å². The van der Waals surface area contributed by atoms with Crippen molar-refractivity contribution in [2.75, 3.05) is 14.1 Å². The Morgan fingerprint density at radius 3 is 2.85 bits per heavy atom. The van der Waals surface area contributed by atoms with E-state index in [2.05, 4.69) is 9.97 Å². The molecule has 0 spiro atoms. The van der Waals surface area contributed by atoms with Crippen LogP contribution in [0.2, 0.25) is 5.02 Å². The fourth-order valence-electron chi connectivity index (χ4n) is 3.65. The average molecular weight is 377 g/mol. The van der Waals surface area contributed by atoms with Gasteiger partial charge in [-0.05, 0) is 31.2 Å². The Balaban J connectivity index is 1.88. The topological polar surface area (TPSA) is 89.5 Å². The second-order valence-electron chi connectivity index (χ2n) is 6.59. The van der Waals surface area contributed by atoms with Gasteiger partial charge in [-0.1, -0.05) is 23.7 Å². The zero-order valence-corrected chi connectivity index (χ0v) is 15.3. The molecular weight excluding hydrogens is 356 g/mol. The fourth-order valence-corrected chi connectivity index (χ4v) is 3.85. The number of nitrogens with zero attached hydrogens (tertiary/aromatic N) is 3. The van der Waals surface area contributed by atoms with Gasteiger partial charge < -0.3 is 15.0 Å². The first-order valence-corrected chi connectivity index (χ1v) is 8.69.